The highest BCUT2D eigenvalue weighted by molar-refractivity contribution is 7.91. The molecule has 0 spiro atoms. The van der Waals surface area contributed by atoms with E-state index in [0.717, 1.165) is 0 Å². The summed E-state index contributed by atoms with van der Waals surface area (Å²) in [6.45, 7) is 13.5. The van der Waals surface area contributed by atoms with E-state index in [9.17, 15) is 8.42 Å². The van der Waals surface area contributed by atoms with Crippen molar-refractivity contribution < 1.29 is 12.8 Å². The van der Waals surface area contributed by atoms with E-state index in [2.05, 4.69) is 33.9 Å². The van der Waals surface area contributed by atoms with Crippen LogP contribution in [0.4, 0.5) is 0 Å². The van der Waals surface area contributed by atoms with E-state index in [-0.39, 0.29) is 16.7 Å². The summed E-state index contributed by atoms with van der Waals surface area (Å²) in [7, 11) is -4.98. The van der Waals surface area contributed by atoms with E-state index >= 15 is 0 Å². The van der Waals surface area contributed by atoms with Gasteiger partial charge in [-0.25, -0.2) is 8.42 Å². The Kier molecular flexibility index (Phi) is 6.80. The minimum atomic E-state index is -3.23. The fourth-order valence-corrected chi connectivity index (χ4v) is 4.40. The van der Waals surface area contributed by atoms with E-state index in [4.69, 9.17) is 4.43 Å². The normalized spacial score (nSPS) is 15.0. The van der Waals surface area contributed by atoms with Crippen LogP contribution in [0.5, 0.6) is 0 Å². The first-order valence-electron chi connectivity index (χ1n) is 8.04. The second-order valence-electron chi connectivity index (χ2n) is 7.57. The highest BCUT2D eigenvalue weighted by Gasteiger charge is 2.36. The minimum Gasteiger partial charge on any atom is -0.413 e. The van der Waals surface area contributed by atoms with E-state index in [1.807, 2.05) is 25.1 Å². The largest absolute Gasteiger partial charge is 0.413 e. The summed E-state index contributed by atoms with van der Waals surface area (Å²) in [6.07, 6.45) is 3.89. The van der Waals surface area contributed by atoms with Crippen LogP contribution in [0.25, 0.3) is 0 Å². The minimum absolute atomic E-state index is 0.0387. The van der Waals surface area contributed by atoms with E-state index in [1.54, 1.807) is 24.3 Å². The monoisotopic (exact) mass is 354 g/mol. The third-order valence-electron chi connectivity index (χ3n) is 4.40. The molecule has 0 N–H and O–H groups in total. The Morgan fingerprint density at radius 3 is 2.26 bits per heavy atom. The molecule has 0 aliphatic carbocycles. The Bertz CT molecular complexity index is 613. The van der Waals surface area contributed by atoms with Gasteiger partial charge in [0.1, 0.15) is 0 Å². The number of sulfone groups is 1. The van der Waals surface area contributed by atoms with Crippen molar-refractivity contribution in [2.75, 3.05) is 12.4 Å². The molecule has 1 aromatic rings. The van der Waals surface area contributed by atoms with Gasteiger partial charge in [-0.15, -0.1) is 0 Å². The highest BCUT2D eigenvalue weighted by Crippen LogP contribution is 2.36. The van der Waals surface area contributed by atoms with Crippen LogP contribution < -0.4 is 0 Å². The van der Waals surface area contributed by atoms with Crippen LogP contribution in [0.15, 0.2) is 47.4 Å². The molecule has 0 fully saturated rings. The number of hydrogen-bond acceptors (Lipinski definition) is 3. The fraction of sp³-hybridized carbons (Fsp3) is 0.556. The zero-order valence-corrected chi connectivity index (χ0v) is 17.0. The maximum Gasteiger partial charge on any atom is 0.192 e. The molecule has 0 bridgehead atoms. The van der Waals surface area contributed by atoms with Crippen LogP contribution in [-0.4, -0.2) is 29.1 Å². The highest BCUT2D eigenvalue weighted by atomic mass is 32.2. The van der Waals surface area contributed by atoms with Gasteiger partial charge < -0.3 is 4.43 Å². The van der Waals surface area contributed by atoms with Crippen molar-refractivity contribution in [2.45, 2.75) is 50.7 Å². The lowest BCUT2D eigenvalue weighted by molar-refractivity contribution is 0.327. The summed E-state index contributed by atoms with van der Waals surface area (Å²) in [5.41, 5.74) is 0. The SMILES string of the molecule is C[C@H](/C=C/CO[Si](C)(C)C(C)(C)C)CS(=O)(=O)c1ccccc1. The summed E-state index contributed by atoms with van der Waals surface area (Å²) in [5, 5.41) is 0.184. The van der Waals surface area contributed by atoms with Crippen LogP contribution in [0, 0.1) is 5.92 Å². The molecule has 0 aliphatic rings. The molecule has 1 aromatic carbocycles. The summed E-state index contributed by atoms with van der Waals surface area (Å²) >= 11 is 0. The fourth-order valence-electron chi connectivity index (χ4n) is 1.89. The van der Waals surface area contributed by atoms with E-state index in [0.29, 0.717) is 11.5 Å². The Labute approximate surface area is 142 Å². The molecule has 0 aliphatic heterocycles. The second kappa shape index (κ2) is 7.77. The van der Waals surface area contributed by atoms with Gasteiger partial charge in [-0.05, 0) is 36.2 Å². The van der Waals surface area contributed by atoms with Gasteiger partial charge in [0.2, 0.25) is 0 Å². The lowest BCUT2D eigenvalue weighted by Crippen LogP contribution is -2.40. The standard InChI is InChI=1S/C18H30O3SSi/c1-16(11-10-14-21-23(5,6)18(2,3)4)15-22(19,20)17-12-8-7-9-13-17/h7-13,16H,14-15H2,1-6H3/b11-10+/t16-/m1/s1. The van der Waals surface area contributed by atoms with Gasteiger partial charge in [0.15, 0.2) is 18.2 Å². The second-order valence-corrected chi connectivity index (χ2v) is 14.4. The quantitative estimate of drug-likeness (QED) is 0.528. The molecule has 0 aromatic heterocycles. The van der Waals surface area contributed by atoms with Crippen molar-refractivity contribution in [3.8, 4) is 0 Å². The number of hydrogen-bond donors (Lipinski definition) is 0. The van der Waals surface area contributed by atoms with Gasteiger partial charge in [-0.2, -0.15) is 0 Å². The Morgan fingerprint density at radius 2 is 1.74 bits per heavy atom. The molecule has 5 heteroatoms. The van der Waals surface area contributed by atoms with Gasteiger partial charge in [0.25, 0.3) is 0 Å². The number of allylic oxidation sites excluding steroid dienone is 1. The van der Waals surface area contributed by atoms with Crippen LogP contribution in [0.3, 0.4) is 0 Å². The summed E-state index contributed by atoms with van der Waals surface area (Å²) in [5.74, 6) is 0.0800. The average Bonchev–Trinajstić information content (AvgIpc) is 2.43. The third-order valence-corrected chi connectivity index (χ3v) is 10.9. The molecule has 23 heavy (non-hydrogen) atoms. The maximum absolute atomic E-state index is 12.3. The first-order chi connectivity index (χ1) is 10.5. The van der Waals surface area contributed by atoms with Crippen molar-refractivity contribution in [1.29, 1.82) is 0 Å². The topological polar surface area (TPSA) is 43.4 Å². The molecule has 1 rings (SSSR count). The van der Waals surface area contributed by atoms with Gasteiger partial charge >= 0.3 is 0 Å². The molecule has 3 nitrogen and oxygen atoms in total. The smallest absolute Gasteiger partial charge is 0.192 e. The van der Waals surface area contributed by atoms with Gasteiger partial charge in [0.05, 0.1) is 17.3 Å². The average molecular weight is 355 g/mol. The molecule has 0 radical (unpaired) electrons. The van der Waals surface area contributed by atoms with Gasteiger partial charge in [-0.1, -0.05) is 58.0 Å². The Balaban J connectivity index is 2.56. The Hall–Kier alpha value is -0.913. The molecular formula is C18H30O3SSi. The van der Waals surface area contributed by atoms with Crippen molar-refractivity contribution in [1.82, 2.24) is 0 Å². The van der Waals surface area contributed by atoms with Crippen molar-refractivity contribution in [3.05, 3.63) is 42.5 Å². The first kappa shape index (κ1) is 20.1. The van der Waals surface area contributed by atoms with Crippen molar-refractivity contribution in [2.24, 2.45) is 5.92 Å². The number of benzene rings is 1. The summed E-state index contributed by atoms with van der Waals surface area (Å²) in [6, 6.07) is 8.61. The molecule has 0 heterocycles. The molecule has 1 atom stereocenters. The third kappa shape index (κ3) is 6.24. The molecular weight excluding hydrogens is 324 g/mol. The summed E-state index contributed by atoms with van der Waals surface area (Å²) in [4.78, 5) is 0.387. The Morgan fingerprint density at radius 1 is 1.17 bits per heavy atom. The molecule has 0 unspecified atom stereocenters. The lowest BCUT2D eigenvalue weighted by atomic mass is 10.2. The zero-order chi connectivity index (χ0) is 17.7. The van der Waals surface area contributed by atoms with E-state index in [1.165, 1.54) is 0 Å². The molecule has 0 saturated heterocycles. The molecule has 0 amide bonds. The predicted octanol–water partition coefficient (Wildman–Crippen LogP) is 4.67. The number of rotatable bonds is 7. The predicted molar refractivity (Wildman–Crippen MR) is 99.9 cm³/mol. The first-order valence-corrected chi connectivity index (χ1v) is 12.6. The summed E-state index contributed by atoms with van der Waals surface area (Å²) < 4.78 is 30.7. The van der Waals surface area contributed by atoms with Crippen LogP contribution in [-0.2, 0) is 14.3 Å². The van der Waals surface area contributed by atoms with Crippen LogP contribution >= 0.6 is 0 Å². The zero-order valence-electron chi connectivity index (χ0n) is 15.2. The molecule has 130 valence electrons. The maximum atomic E-state index is 12.3. The van der Waals surface area contributed by atoms with Crippen molar-refractivity contribution in [3.63, 3.8) is 0 Å². The lowest BCUT2D eigenvalue weighted by Gasteiger charge is -2.35. The molecule has 0 saturated carbocycles. The van der Waals surface area contributed by atoms with Crippen LogP contribution in [0.2, 0.25) is 18.1 Å². The van der Waals surface area contributed by atoms with Gasteiger partial charge in [-0.3, -0.25) is 0 Å². The van der Waals surface area contributed by atoms with Crippen molar-refractivity contribution >= 4 is 18.2 Å². The van der Waals surface area contributed by atoms with Gasteiger partial charge in [0, 0.05) is 0 Å². The van der Waals surface area contributed by atoms with Crippen LogP contribution in [0.1, 0.15) is 27.7 Å². The van der Waals surface area contributed by atoms with E-state index < -0.39 is 18.2 Å².